The van der Waals surface area contributed by atoms with Gasteiger partial charge in [-0.25, -0.2) is 0 Å². The van der Waals surface area contributed by atoms with E-state index in [1.165, 1.54) is 0 Å². The highest BCUT2D eigenvalue weighted by Gasteiger charge is 2.03. The zero-order chi connectivity index (χ0) is 13.9. The fourth-order valence-corrected chi connectivity index (χ4v) is 2.87. The van der Waals surface area contributed by atoms with Crippen molar-refractivity contribution >= 4 is 10.8 Å². The third-order valence-corrected chi connectivity index (χ3v) is 4.25. The van der Waals surface area contributed by atoms with Gasteiger partial charge in [-0.2, -0.15) is 5.26 Å². The molecule has 1 rings (SSSR count). The van der Waals surface area contributed by atoms with E-state index in [0.29, 0.717) is 23.7 Å². The summed E-state index contributed by atoms with van der Waals surface area (Å²) in [4.78, 5) is 0. The van der Waals surface area contributed by atoms with Crippen molar-refractivity contribution in [3.63, 3.8) is 0 Å². The maximum absolute atomic E-state index is 11.7. The van der Waals surface area contributed by atoms with Gasteiger partial charge in [0.15, 0.2) is 0 Å². The molecule has 0 bridgehead atoms. The number of hydrogen-bond acceptors (Lipinski definition) is 3. The molecule has 1 aromatic rings. The molecule has 0 N–H and O–H groups in total. The summed E-state index contributed by atoms with van der Waals surface area (Å²) in [6.07, 6.45) is 4.11. The van der Waals surface area contributed by atoms with E-state index in [1.54, 1.807) is 12.1 Å². The van der Waals surface area contributed by atoms with Crippen LogP contribution in [-0.2, 0) is 10.8 Å². The quantitative estimate of drug-likeness (QED) is 0.652. The lowest BCUT2D eigenvalue weighted by Crippen LogP contribution is -2.07. The molecule has 0 aliphatic carbocycles. The molecule has 0 aromatic heterocycles. The summed E-state index contributed by atoms with van der Waals surface area (Å²) < 4.78 is 17.2. The molecule has 0 heterocycles. The molecule has 0 fully saturated rings. The topological polar surface area (TPSA) is 50.1 Å². The van der Waals surface area contributed by atoms with Gasteiger partial charge < -0.3 is 4.74 Å². The summed E-state index contributed by atoms with van der Waals surface area (Å²) >= 11 is 0. The Labute approximate surface area is 118 Å². The van der Waals surface area contributed by atoms with Gasteiger partial charge in [-0.1, -0.05) is 31.9 Å². The predicted molar refractivity (Wildman–Crippen MR) is 78.7 cm³/mol. The molecule has 0 radical (unpaired) electrons. The third kappa shape index (κ3) is 6.40. The van der Waals surface area contributed by atoms with Gasteiger partial charge >= 0.3 is 0 Å². The summed E-state index contributed by atoms with van der Waals surface area (Å²) in [7, 11) is -0.732. The Balaban J connectivity index is 2.20. The number of ether oxygens (including phenoxy) is 1. The Morgan fingerprint density at radius 3 is 2.68 bits per heavy atom. The van der Waals surface area contributed by atoms with E-state index in [2.05, 4.69) is 13.0 Å². The van der Waals surface area contributed by atoms with Gasteiger partial charge in [-0.15, -0.1) is 0 Å². The number of para-hydroxylation sites is 1. The molecule has 19 heavy (non-hydrogen) atoms. The van der Waals surface area contributed by atoms with Crippen LogP contribution < -0.4 is 4.74 Å². The molecule has 0 spiro atoms. The number of hydrogen-bond donors (Lipinski definition) is 0. The van der Waals surface area contributed by atoms with Crippen LogP contribution in [0.5, 0.6) is 5.75 Å². The lowest BCUT2D eigenvalue weighted by Gasteiger charge is -2.07. The van der Waals surface area contributed by atoms with Crippen molar-refractivity contribution in [3.05, 3.63) is 29.8 Å². The molecular weight excluding hydrogens is 258 g/mol. The maximum atomic E-state index is 11.7. The van der Waals surface area contributed by atoms with Crippen LogP contribution >= 0.6 is 0 Å². The van der Waals surface area contributed by atoms with Crippen LogP contribution in [0.25, 0.3) is 0 Å². The van der Waals surface area contributed by atoms with E-state index in [4.69, 9.17) is 10.00 Å². The lowest BCUT2D eigenvalue weighted by atomic mass is 10.2. The predicted octanol–water partition coefficient (Wildman–Crippen LogP) is 3.27. The van der Waals surface area contributed by atoms with Crippen LogP contribution in [0, 0.1) is 11.3 Å². The van der Waals surface area contributed by atoms with Crippen molar-refractivity contribution in [1.29, 1.82) is 5.26 Å². The molecule has 4 heteroatoms. The van der Waals surface area contributed by atoms with Crippen molar-refractivity contribution in [2.45, 2.75) is 32.6 Å². The van der Waals surface area contributed by atoms with E-state index >= 15 is 0 Å². The number of unbranched alkanes of at least 4 members (excludes halogenated alkanes) is 2. The first-order valence-corrected chi connectivity index (χ1v) is 8.23. The zero-order valence-corrected chi connectivity index (χ0v) is 12.2. The summed E-state index contributed by atoms with van der Waals surface area (Å²) in [5.41, 5.74) is 0.548. The molecule has 0 aliphatic heterocycles. The fourth-order valence-electron chi connectivity index (χ4n) is 1.70. The first kappa shape index (κ1) is 15.7. The second-order valence-corrected chi connectivity index (χ2v) is 6.06. The first-order chi connectivity index (χ1) is 9.27. The highest BCUT2D eigenvalue weighted by atomic mass is 32.2. The molecule has 1 atom stereocenters. The van der Waals surface area contributed by atoms with Crippen LogP contribution in [0.1, 0.15) is 38.2 Å². The van der Waals surface area contributed by atoms with Crippen LogP contribution in [0.3, 0.4) is 0 Å². The minimum Gasteiger partial charge on any atom is -0.492 e. The Hall–Kier alpha value is -1.34. The van der Waals surface area contributed by atoms with E-state index in [-0.39, 0.29) is 0 Å². The van der Waals surface area contributed by atoms with Crippen LogP contribution in [-0.4, -0.2) is 22.3 Å². The summed E-state index contributed by atoms with van der Waals surface area (Å²) in [5.74, 6) is 2.09. The van der Waals surface area contributed by atoms with Crippen molar-refractivity contribution in [3.8, 4) is 11.8 Å². The monoisotopic (exact) mass is 279 g/mol. The average molecular weight is 279 g/mol. The van der Waals surface area contributed by atoms with Gasteiger partial charge in [0.05, 0.1) is 12.2 Å². The van der Waals surface area contributed by atoms with E-state index in [9.17, 15) is 4.21 Å². The molecule has 1 aromatic carbocycles. The van der Waals surface area contributed by atoms with Gasteiger partial charge in [0.2, 0.25) is 0 Å². The van der Waals surface area contributed by atoms with Gasteiger partial charge in [0.1, 0.15) is 11.8 Å². The van der Waals surface area contributed by atoms with Gasteiger partial charge in [0, 0.05) is 22.3 Å². The molecule has 3 nitrogen and oxygen atoms in total. The lowest BCUT2D eigenvalue weighted by molar-refractivity contribution is 0.317. The highest BCUT2D eigenvalue weighted by molar-refractivity contribution is 7.84. The Kier molecular flexibility index (Phi) is 7.92. The van der Waals surface area contributed by atoms with Gasteiger partial charge in [0.25, 0.3) is 0 Å². The molecule has 0 saturated carbocycles. The first-order valence-electron chi connectivity index (χ1n) is 6.74. The molecule has 1 unspecified atom stereocenters. The number of rotatable bonds is 9. The van der Waals surface area contributed by atoms with E-state index in [1.807, 2.05) is 12.1 Å². The maximum Gasteiger partial charge on any atom is 0.137 e. The highest BCUT2D eigenvalue weighted by Crippen LogP contribution is 2.16. The van der Waals surface area contributed by atoms with Gasteiger partial charge in [-0.05, 0) is 25.0 Å². The SMILES string of the molecule is CCCCCS(=O)CCCOc1ccccc1C#N. The van der Waals surface area contributed by atoms with Crippen molar-refractivity contribution in [1.82, 2.24) is 0 Å². The van der Waals surface area contributed by atoms with Crippen molar-refractivity contribution in [2.75, 3.05) is 18.1 Å². The Morgan fingerprint density at radius 1 is 1.21 bits per heavy atom. The standard InChI is InChI=1S/C15H21NO2S/c1-2-3-6-11-19(17)12-7-10-18-15-9-5-4-8-14(15)13-16/h4-5,8-9H,2-3,6-7,10-12H2,1H3. The smallest absolute Gasteiger partial charge is 0.137 e. The van der Waals surface area contributed by atoms with Crippen molar-refractivity contribution < 1.29 is 8.95 Å². The largest absolute Gasteiger partial charge is 0.492 e. The van der Waals surface area contributed by atoms with E-state index in [0.717, 1.165) is 31.4 Å². The second kappa shape index (κ2) is 9.57. The number of nitrogens with zero attached hydrogens (tertiary/aromatic N) is 1. The summed E-state index contributed by atoms with van der Waals surface area (Å²) in [6.45, 7) is 2.65. The third-order valence-electron chi connectivity index (χ3n) is 2.76. The molecule has 104 valence electrons. The Morgan fingerprint density at radius 2 is 1.95 bits per heavy atom. The zero-order valence-electron chi connectivity index (χ0n) is 11.4. The molecular formula is C15H21NO2S. The van der Waals surface area contributed by atoms with Crippen molar-refractivity contribution in [2.24, 2.45) is 0 Å². The number of benzene rings is 1. The summed E-state index contributed by atoms with van der Waals surface area (Å²) in [6, 6.07) is 9.28. The minimum atomic E-state index is -0.732. The minimum absolute atomic E-state index is 0.512. The molecule has 0 amide bonds. The van der Waals surface area contributed by atoms with Crippen LogP contribution in [0.2, 0.25) is 0 Å². The molecule has 0 aliphatic rings. The van der Waals surface area contributed by atoms with E-state index < -0.39 is 10.8 Å². The fraction of sp³-hybridized carbons (Fsp3) is 0.533. The van der Waals surface area contributed by atoms with Gasteiger partial charge in [-0.3, -0.25) is 4.21 Å². The normalized spacial score (nSPS) is 11.8. The number of nitriles is 1. The van der Waals surface area contributed by atoms with Crippen LogP contribution in [0.4, 0.5) is 0 Å². The second-order valence-electron chi connectivity index (χ2n) is 4.37. The molecule has 0 saturated heterocycles. The Bertz CT molecular complexity index is 440. The average Bonchev–Trinajstić information content (AvgIpc) is 2.44. The summed E-state index contributed by atoms with van der Waals surface area (Å²) in [5, 5.41) is 8.91. The van der Waals surface area contributed by atoms with Crippen LogP contribution in [0.15, 0.2) is 24.3 Å².